The first-order valence-corrected chi connectivity index (χ1v) is 7.23. The van der Waals surface area contributed by atoms with E-state index in [4.69, 9.17) is 21.1 Å². The van der Waals surface area contributed by atoms with E-state index in [2.05, 4.69) is 0 Å². The fraction of sp³-hybridized carbons (Fsp3) is 0.533. The maximum absolute atomic E-state index is 11.9. The van der Waals surface area contributed by atoms with Gasteiger partial charge in [-0.05, 0) is 37.6 Å². The summed E-state index contributed by atoms with van der Waals surface area (Å²) in [6.07, 6.45) is 0.356. The zero-order chi connectivity index (χ0) is 15.0. The van der Waals surface area contributed by atoms with Crippen LogP contribution in [0.5, 0.6) is 5.75 Å². The first-order valence-electron chi connectivity index (χ1n) is 6.85. The van der Waals surface area contributed by atoms with Crippen LogP contribution in [-0.4, -0.2) is 29.9 Å². The van der Waals surface area contributed by atoms with Crippen molar-refractivity contribution in [3.63, 3.8) is 0 Å². The largest absolute Gasteiger partial charge is 0.476 e. The van der Waals surface area contributed by atoms with Crippen LogP contribution in [0.4, 0.5) is 0 Å². The van der Waals surface area contributed by atoms with Crippen LogP contribution < -0.4 is 4.74 Å². The highest BCUT2D eigenvalue weighted by Gasteiger charge is 2.29. The van der Waals surface area contributed by atoms with E-state index in [0.29, 0.717) is 17.2 Å². The van der Waals surface area contributed by atoms with E-state index in [1.807, 2.05) is 6.92 Å². The van der Waals surface area contributed by atoms with Gasteiger partial charge in [-0.3, -0.25) is 0 Å². The van der Waals surface area contributed by atoms with Gasteiger partial charge < -0.3 is 14.6 Å². The molecule has 0 saturated carbocycles. The number of aliphatic hydroxyl groups excluding tert-OH is 1. The highest BCUT2D eigenvalue weighted by atomic mass is 35.5. The predicted molar refractivity (Wildman–Crippen MR) is 78.0 cm³/mol. The zero-order valence-corrected chi connectivity index (χ0v) is 12.6. The molecule has 1 aromatic carbocycles. The summed E-state index contributed by atoms with van der Waals surface area (Å²) >= 11 is 5.79. The van der Waals surface area contributed by atoms with Gasteiger partial charge in [0.1, 0.15) is 11.9 Å². The summed E-state index contributed by atoms with van der Waals surface area (Å²) in [4.78, 5) is 11.9. The Morgan fingerprint density at radius 3 is 2.50 bits per heavy atom. The lowest BCUT2D eigenvalue weighted by molar-refractivity contribution is -0.157. The van der Waals surface area contributed by atoms with E-state index in [9.17, 15) is 9.90 Å². The molecule has 0 fully saturated rings. The molecule has 0 saturated heterocycles. The van der Waals surface area contributed by atoms with Crippen LogP contribution in [0.3, 0.4) is 0 Å². The summed E-state index contributed by atoms with van der Waals surface area (Å²) < 4.78 is 10.5. The lowest BCUT2D eigenvalue weighted by atomic mass is 10.1. The number of aliphatic hydroxyl groups is 1. The second-order valence-electron chi connectivity index (χ2n) is 4.45. The van der Waals surface area contributed by atoms with E-state index >= 15 is 0 Å². The van der Waals surface area contributed by atoms with E-state index in [0.717, 1.165) is 12.8 Å². The smallest absolute Gasteiger partial charge is 0.350 e. The van der Waals surface area contributed by atoms with E-state index in [1.165, 1.54) is 0 Å². The van der Waals surface area contributed by atoms with Crippen LogP contribution in [0, 0.1) is 0 Å². The van der Waals surface area contributed by atoms with Crippen molar-refractivity contribution >= 4 is 17.6 Å². The summed E-state index contributed by atoms with van der Waals surface area (Å²) in [6, 6.07) is 6.64. The zero-order valence-electron chi connectivity index (χ0n) is 11.8. The average molecular weight is 301 g/mol. The second kappa shape index (κ2) is 8.82. The van der Waals surface area contributed by atoms with Crippen LogP contribution in [0.25, 0.3) is 0 Å². The molecule has 0 aliphatic carbocycles. The molecule has 5 heteroatoms. The Balaban J connectivity index is 2.75. The van der Waals surface area contributed by atoms with Crippen molar-refractivity contribution in [1.82, 2.24) is 0 Å². The second-order valence-corrected chi connectivity index (χ2v) is 4.89. The Morgan fingerprint density at radius 1 is 1.30 bits per heavy atom. The van der Waals surface area contributed by atoms with Gasteiger partial charge in [0.25, 0.3) is 0 Å². The lowest BCUT2D eigenvalue weighted by Gasteiger charge is -2.22. The first-order chi connectivity index (χ1) is 9.58. The Bertz CT molecular complexity index is 405. The molecule has 0 aromatic heterocycles. The number of benzene rings is 1. The molecule has 20 heavy (non-hydrogen) atoms. The number of rotatable bonds is 8. The third-order valence-corrected chi connectivity index (χ3v) is 3.05. The summed E-state index contributed by atoms with van der Waals surface area (Å²) in [5, 5.41) is 10.7. The molecule has 4 nitrogen and oxygen atoms in total. The highest BCUT2D eigenvalue weighted by molar-refractivity contribution is 6.30. The summed E-state index contributed by atoms with van der Waals surface area (Å²) in [7, 11) is 0. The van der Waals surface area contributed by atoms with E-state index < -0.39 is 18.2 Å². The standard InChI is InChI=1S/C15H21ClO4/c1-3-5-6-13(17)14(15(18)19-4-2)20-12-9-7-11(16)8-10-12/h7-10,13-14,17H,3-6H2,1-2H3. The van der Waals surface area contributed by atoms with Gasteiger partial charge in [0.15, 0.2) is 0 Å². The molecule has 1 rings (SSSR count). The SMILES string of the molecule is CCCCC(O)C(Oc1ccc(Cl)cc1)C(=O)OCC. The van der Waals surface area contributed by atoms with Gasteiger partial charge in [0, 0.05) is 5.02 Å². The third kappa shape index (κ3) is 5.39. The number of hydrogen-bond acceptors (Lipinski definition) is 4. The number of hydrogen-bond donors (Lipinski definition) is 1. The maximum atomic E-state index is 11.9. The van der Waals surface area contributed by atoms with Crippen molar-refractivity contribution in [1.29, 1.82) is 0 Å². The topological polar surface area (TPSA) is 55.8 Å². The van der Waals surface area contributed by atoms with Crippen molar-refractivity contribution in [2.24, 2.45) is 0 Å². The molecule has 112 valence electrons. The Kier molecular flexibility index (Phi) is 7.41. The van der Waals surface area contributed by atoms with Gasteiger partial charge in [0.2, 0.25) is 6.10 Å². The minimum absolute atomic E-state index is 0.250. The number of esters is 1. The number of ether oxygens (including phenoxy) is 2. The van der Waals surface area contributed by atoms with Crippen LogP contribution in [0.15, 0.2) is 24.3 Å². The van der Waals surface area contributed by atoms with Crippen molar-refractivity contribution in [2.45, 2.75) is 45.3 Å². The highest BCUT2D eigenvalue weighted by Crippen LogP contribution is 2.19. The van der Waals surface area contributed by atoms with Gasteiger partial charge in [-0.25, -0.2) is 4.79 Å². The van der Waals surface area contributed by atoms with Crippen LogP contribution >= 0.6 is 11.6 Å². The molecule has 0 radical (unpaired) electrons. The first kappa shape index (κ1) is 16.8. The quantitative estimate of drug-likeness (QED) is 0.749. The van der Waals surface area contributed by atoms with Crippen molar-refractivity contribution < 1.29 is 19.4 Å². The molecule has 0 aliphatic heterocycles. The van der Waals surface area contributed by atoms with Crippen LogP contribution in [-0.2, 0) is 9.53 Å². The Labute approximate surface area is 124 Å². The van der Waals surface area contributed by atoms with Crippen LogP contribution in [0.1, 0.15) is 33.1 Å². The fourth-order valence-corrected chi connectivity index (χ4v) is 1.86. The average Bonchev–Trinajstić information content (AvgIpc) is 2.44. The van der Waals surface area contributed by atoms with E-state index in [-0.39, 0.29) is 6.61 Å². The summed E-state index contributed by atoms with van der Waals surface area (Å²) in [5.74, 6) is -0.0749. The number of halogens is 1. The molecule has 1 N–H and O–H groups in total. The Hall–Kier alpha value is -1.26. The molecule has 0 spiro atoms. The van der Waals surface area contributed by atoms with Gasteiger partial charge in [-0.2, -0.15) is 0 Å². The molecule has 0 aliphatic rings. The normalized spacial score (nSPS) is 13.6. The number of carbonyl (C=O) groups is 1. The minimum atomic E-state index is -1.01. The lowest BCUT2D eigenvalue weighted by Crippen LogP contribution is -2.40. The molecule has 0 bridgehead atoms. The molecule has 0 amide bonds. The molecule has 2 atom stereocenters. The van der Waals surface area contributed by atoms with Crippen molar-refractivity contribution in [3.8, 4) is 5.75 Å². The molecule has 2 unspecified atom stereocenters. The van der Waals surface area contributed by atoms with E-state index in [1.54, 1.807) is 31.2 Å². The fourth-order valence-electron chi connectivity index (χ4n) is 1.73. The van der Waals surface area contributed by atoms with Gasteiger partial charge in [-0.15, -0.1) is 0 Å². The van der Waals surface area contributed by atoms with Crippen molar-refractivity contribution in [2.75, 3.05) is 6.61 Å². The minimum Gasteiger partial charge on any atom is -0.476 e. The van der Waals surface area contributed by atoms with Gasteiger partial charge >= 0.3 is 5.97 Å². The molecule has 0 heterocycles. The monoisotopic (exact) mass is 300 g/mol. The molecular weight excluding hydrogens is 280 g/mol. The predicted octanol–water partition coefficient (Wildman–Crippen LogP) is 3.20. The van der Waals surface area contributed by atoms with Crippen LogP contribution in [0.2, 0.25) is 5.02 Å². The maximum Gasteiger partial charge on any atom is 0.350 e. The van der Waals surface area contributed by atoms with Gasteiger partial charge in [-0.1, -0.05) is 31.4 Å². The summed E-state index contributed by atoms with van der Waals surface area (Å²) in [5.41, 5.74) is 0. The van der Waals surface area contributed by atoms with Crippen molar-refractivity contribution in [3.05, 3.63) is 29.3 Å². The number of unbranched alkanes of at least 4 members (excludes halogenated alkanes) is 1. The van der Waals surface area contributed by atoms with Gasteiger partial charge in [0.05, 0.1) is 6.61 Å². The summed E-state index contributed by atoms with van der Waals surface area (Å²) in [6.45, 7) is 3.99. The molecular formula is C15H21ClO4. The molecule has 1 aromatic rings. The third-order valence-electron chi connectivity index (χ3n) is 2.80. The Morgan fingerprint density at radius 2 is 1.95 bits per heavy atom. The number of carbonyl (C=O) groups excluding carboxylic acids is 1.